The molecule has 0 spiro atoms. The summed E-state index contributed by atoms with van der Waals surface area (Å²) in [5.41, 5.74) is 12.0. The molecule has 0 aromatic carbocycles. The van der Waals surface area contributed by atoms with E-state index in [1.807, 2.05) is 6.07 Å². The Morgan fingerprint density at radius 2 is 2.23 bits per heavy atom. The maximum atomic E-state index is 5.48. The normalized spacial score (nSPS) is 17.5. The molecule has 1 aliphatic rings. The first-order chi connectivity index (χ1) is 6.27. The molecule has 0 bridgehead atoms. The van der Waals surface area contributed by atoms with Gasteiger partial charge in [-0.25, -0.2) is 9.97 Å². The predicted molar refractivity (Wildman–Crippen MR) is 48.8 cm³/mol. The fraction of sp³-hybridized carbons (Fsp3) is 0.500. The summed E-state index contributed by atoms with van der Waals surface area (Å²) in [6.07, 6.45) is 1.14. The predicted octanol–water partition coefficient (Wildman–Crippen LogP) is -0.921. The van der Waals surface area contributed by atoms with Gasteiger partial charge in [0.15, 0.2) is 5.82 Å². The van der Waals surface area contributed by atoms with Crippen molar-refractivity contribution >= 4 is 0 Å². The van der Waals surface area contributed by atoms with Crippen LogP contribution in [0.3, 0.4) is 0 Å². The van der Waals surface area contributed by atoms with Crippen molar-refractivity contribution in [2.75, 3.05) is 13.1 Å². The lowest BCUT2D eigenvalue weighted by atomic mass is 9.99. The van der Waals surface area contributed by atoms with Crippen molar-refractivity contribution in [1.29, 1.82) is 0 Å². The van der Waals surface area contributed by atoms with Gasteiger partial charge >= 0.3 is 0 Å². The lowest BCUT2D eigenvalue weighted by Crippen LogP contribution is -2.40. The zero-order chi connectivity index (χ0) is 9.26. The highest BCUT2D eigenvalue weighted by Crippen LogP contribution is 2.17. The molecule has 0 unspecified atom stereocenters. The van der Waals surface area contributed by atoms with Crippen molar-refractivity contribution in [3.05, 3.63) is 23.8 Å². The maximum absolute atomic E-state index is 5.48. The van der Waals surface area contributed by atoms with Crippen molar-refractivity contribution in [2.45, 2.75) is 12.1 Å². The van der Waals surface area contributed by atoms with E-state index >= 15 is 0 Å². The Hall–Kier alpha value is -1.04. The summed E-state index contributed by atoms with van der Waals surface area (Å²) in [4.78, 5) is 8.29. The van der Waals surface area contributed by atoms with Crippen LogP contribution >= 0.6 is 0 Å². The number of nitrogens with zero attached hydrogens (tertiary/aromatic N) is 2. The average molecular weight is 179 g/mol. The molecule has 0 radical (unpaired) electrons. The third kappa shape index (κ3) is 1.67. The van der Waals surface area contributed by atoms with Crippen LogP contribution in [-0.2, 0) is 0 Å². The van der Waals surface area contributed by atoms with E-state index in [9.17, 15) is 0 Å². The van der Waals surface area contributed by atoms with E-state index in [1.54, 1.807) is 6.20 Å². The van der Waals surface area contributed by atoms with Crippen molar-refractivity contribution < 1.29 is 0 Å². The minimum absolute atomic E-state index is 0.500. The Kier molecular flexibility index (Phi) is 2.22. The number of nitrogens with two attached hydrogens (primary N) is 2. The van der Waals surface area contributed by atoms with Crippen LogP contribution in [-0.4, -0.2) is 23.1 Å². The van der Waals surface area contributed by atoms with Crippen LogP contribution in [0.1, 0.15) is 23.6 Å². The highest BCUT2D eigenvalue weighted by atomic mass is 15.0. The fourth-order valence-corrected chi connectivity index (χ4v) is 1.27. The van der Waals surface area contributed by atoms with E-state index in [0.29, 0.717) is 11.7 Å². The summed E-state index contributed by atoms with van der Waals surface area (Å²) >= 11 is 0. The van der Waals surface area contributed by atoms with Crippen LogP contribution in [0.2, 0.25) is 0 Å². The summed E-state index contributed by atoms with van der Waals surface area (Å²) in [5, 5.41) is 3.19. The van der Waals surface area contributed by atoms with Gasteiger partial charge in [-0.1, -0.05) is 0 Å². The van der Waals surface area contributed by atoms with Gasteiger partial charge in [0, 0.05) is 30.9 Å². The maximum Gasteiger partial charge on any atom is 0.159 e. The third-order valence-corrected chi connectivity index (χ3v) is 2.19. The first kappa shape index (κ1) is 8.55. The molecular weight excluding hydrogens is 166 g/mol. The Bertz CT molecular complexity index is 294. The highest BCUT2D eigenvalue weighted by molar-refractivity contribution is 5.13. The molecular formula is C8H13N5. The fourth-order valence-electron chi connectivity index (χ4n) is 1.27. The van der Waals surface area contributed by atoms with Crippen LogP contribution in [0.5, 0.6) is 0 Å². The number of hydrogen-bond acceptors (Lipinski definition) is 5. The van der Waals surface area contributed by atoms with E-state index in [2.05, 4.69) is 15.3 Å². The monoisotopic (exact) mass is 179 g/mol. The quantitative estimate of drug-likeness (QED) is 0.511. The number of hydrogen-bond donors (Lipinski definition) is 3. The second-order valence-corrected chi connectivity index (χ2v) is 3.22. The summed E-state index contributed by atoms with van der Waals surface area (Å²) in [5.74, 6) is 1.02. The van der Waals surface area contributed by atoms with Crippen molar-refractivity contribution in [3.8, 4) is 0 Å². The molecule has 1 aromatic rings. The topological polar surface area (TPSA) is 89.9 Å². The van der Waals surface area contributed by atoms with E-state index < -0.39 is 6.17 Å². The molecule has 2 rings (SSSR count). The lowest BCUT2D eigenvalue weighted by Gasteiger charge is -2.26. The van der Waals surface area contributed by atoms with Crippen LogP contribution in [0, 0.1) is 0 Å². The van der Waals surface area contributed by atoms with Crippen LogP contribution in [0.4, 0.5) is 0 Å². The Morgan fingerprint density at radius 3 is 2.77 bits per heavy atom. The Labute approximate surface area is 76.6 Å². The van der Waals surface area contributed by atoms with Crippen molar-refractivity contribution in [1.82, 2.24) is 15.3 Å². The number of rotatable bonds is 2. The van der Waals surface area contributed by atoms with Gasteiger partial charge in [-0.2, -0.15) is 0 Å². The smallest absolute Gasteiger partial charge is 0.159 e. The van der Waals surface area contributed by atoms with Gasteiger partial charge < -0.3 is 16.8 Å². The van der Waals surface area contributed by atoms with Crippen LogP contribution in [0.25, 0.3) is 0 Å². The van der Waals surface area contributed by atoms with E-state index in [0.717, 1.165) is 18.8 Å². The molecule has 5 heteroatoms. The van der Waals surface area contributed by atoms with E-state index in [1.165, 1.54) is 0 Å². The molecule has 13 heavy (non-hydrogen) atoms. The zero-order valence-electron chi connectivity index (χ0n) is 7.27. The van der Waals surface area contributed by atoms with Crippen LogP contribution < -0.4 is 16.8 Å². The van der Waals surface area contributed by atoms with Gasteiger partial charge in [-0.3, -0.25) is 0 Å². The standard InChI is InChI=1S/C8H13N5/c9-7(10)8-12-2-1-6(13-8)5-3-11-4-5/h1-2,5,7,11H,3-4,9-10H2. The minimum atomic E-state index is -0.576. The molecule has 5 N–H and O–H groups in total. The molecule has 0 atom stereocenters. The van der Waals surface area contributed by atoms with Gasteiger partial charge in [0.2, 0.25) is 0 Å². The zero-order valence-corrected chi connectivity index (χ0v) is 7.27. The summed E-state index contributed by atoms with van der Waals surface area (Å²) in [6.45, 7) is 1.96. The second-order valence-electron chi connectivity index (χ2n) is 3.22. The number of aromatic nitrogens is 2. The third-order valence-electron chi connectivity index (χ3n) is 2.19. The van der Waals surface area contributed by atoms with Crippen LogP contribution in [0.15, 0.2) is 12.3 Å². The first-order valence-electron chi connectivity index (χ1n) is 4.32. The summed E-state index contributed by atoms with van der Waals surface area (Å²) < 4.78 is 0. The SMILES string of the molecule is NC(N)c1nccc(C2CNC2)n1. The van der Waals surface area contributed by atoms with E-state index in [4.69, 9.17) is 11.5 Å². The largest absolute Gasteiger partial charge is 0.315 e. The average Bonchev–Trinajstić information content (AvgIpc) is 2.01. The Morgan fingerprint density at radius 1 is 1.46 bits per heavy atom. The summed E-state index contributed by atoms with van der Waals surface area (Å²) in [7, 11) is 0. The van der Waals surface area contributed by atoms with Gasteiger partial charge in [-0.15, -0.1) is 0 Å². The van der Waals surface area contributed by atoms with Gasteiger partial charge in [0.1, 0.15) is 6.17 Å². The molecule has 5 nitrogen and oxygen atoms in total. The summed E-state index contributed by atoms with van der Waals surface area (Å²) in [6, 6.07) is 1.91. The molecule has 0 amide bonds. The molecule has 0 aliphatic carbocycles. The number of nitrogens with one attached hydrogen (secondary N) is 1. The molecule has 1 fully saturated rings. The van der Waals surface area contributed by atoms with Crippen molar-refractivity contribution in [3.63, 3.8) is 0 Å². The van der Waals surface area contributed by atoms with Gasteiger partial charge in [-0.05, 0) is 6.07 Å². The molecule has 1 aromatic heterocycles. The lowest BCUT2D eigenvalue weighted by molar-refractivity contribution is 0.437. The molecule has 0 saturated carbocycles. The second kappa shape index (κ2) is 3.37. The first-order valence-corrected chi connectivity index (χ1v) is 4.32. The van der Waals surface area contributed by atoms with Gasteiger partial charge in [0.05, 0.1) is 0 Å². The molecule has 1 aliphatic heterocycles. The van der Waals surface area contributed by atoms with E-state index in [-0.39, 0.29) is 0 Å². The minimum Gasteiger partial charge on any atom is -0.315 e. The molecule has 1 saturated heterocycles. The molecule has 70 valence electrons. The van der Waals surface area contributed by atoms with Crippen molar-refractivity contribution in [2.24, 2.45) is 11.5 Å². The Balaban J connectivity index is 2.21. The van der Waals surface area contributed by atoms with Gasteiger partial charge in [0.25, 0.3) is 0 Å². The molecule has 2 heterocycles. The highest BCUT2D eigenvalue weighted by Gasteiger charge is 2.20.